The number of carbonyl (C=O) groups is 5. The summed E-state index contributed by atoms with van der Waals surface area (Å²) in [4.78, 5) is 76.5. The Bertz CT molecular complexity index is 4970. The van der Waals surface area contributed by atoms with Gasteiger partial charge in [0.2, 0.25) is 0 Å². The zero-order valence-electron chi connectivity index (χ0n) is 66.7. The fourth-order valence-corrected chi connectivity index (χ4v) is 8.46. The Hall–Kier alpha value is -10.2. The molecule has 22 nitrogen and oxygen atoms in total. The van der Waals surface area contributed by atoms with E-state index in [9.17, 15) is 24.0 Å². The summed E-state index contributed by atoms with van der Waals surface area (Å²) in [7, 11) is 0. The van der Waals surface area contributed by atoms with Crippen molar-refractivity contribution in [2.24, 2.45) is 5.73 Å². The number of imidazole rings is 3. The zero-order chi connectivity index (χ0) is 79.4. The predicted molar refractivity (Wildman–Crippen MR) is 351 cm³/mol. The van der Waals surface area contributed by atoms with Crippen LogP contribution in [0.1, 0.15) is 140 Å². The summed E-state index contributed by atoms with van der Waals surface area (Å²) < 4.78 is 138. The van der Waals surface area contributed by atoms with Crippen LogP contribution < -0.4 is 32.0 Å². The minimum Gasteiger partial charge on any atom is -0.493 e. The highest BCUT2D eigenvalue weighted by Gasteiger charge is 2.22. The largest absolute Gasteiger partial charge is 0.493 e. The SMILES string of the molecule is CCOC(=O)C(Cl)C(C)=O.Cc1ccnc(N)c1.NCc1ccc2c(c1)CCO2.[2H]c1c(C)c([2H])c2nc(C)c(C(=O)NCc3ccc4c(c3)CCO4)n2c1[2H].[2H]c1c(C)c([2H])c2nc(C)c(C(=O)O)n2c1[2H].[2H]c1c(C)c([2H])c2nc(C)c(C(=O)OCC)n2c1[2H].[2H]c1nc(N)c([2H])c(C([2H])([2H])[2H])c1[2H]. The van der Waals surface area contributed by atoms with E-state index in [1.165, 1.54) is 33.8 Å². The minimum absolute atomic E-state index is 0.0124. The first-order chi connectivity index (χ1) is 49.7. The van der Waals surface area contributed by atoms with Gasteiger partial charge in [-0.15, -0.1) is 11.6 Å². The van der Waals surface area contributed by atoms with Crippen molar-refractivity contribution >= 4 is 69.8 Å². The number of benzene rings is 2. The number of fused-ring (bicyclic) bond motifs is 5. The van der Waals surface area contributed by atoms with Crippen molar-refractivity contribution in [1.82, 2.24) is 43.4 Å². The van der Waals surface area contributed by atoms with E-state index < -0.39 is 54.0 Å². The lowest BCUT2D eigenvalue weighted by Crippen LogP contribution is -2.25. The number of esters is 2. The normalized spacial score (nSPS) is 14.1. The summed E-state index contributed by atoms with van der Waals surface area (Å²) in [5, 5.41) is 10.8. The summed E-state index contributed by atoms with van der Waals surface area (Å²) >= 11 is 5.32. The molecule has 0 bridgehead atoms. The average molecular weight is 1270 g/mol. The van der Waals surface area contributed by atoms with Crippen molar-refractivity contribution < 1.29 is 68.6 Å². The van der Waals surface area contributed by atoms with Gasteiger partial charge in [0.15, 0.2) is 22.5 Å². The molecule has 1 amide bonds. The number of nitrogens with zero attached hydrogens (tertiary/aromatic N) is 8. The van der Waals surface area contributed by atoms with E-state index in [-0.39, 0.29) is 125 Å². The minimum atomic E-state index is -2.61. The van der Waals surface area contributed by atoms with Gasteiger partial charge in [-0.2, -0.15) is 0 Å². The topological polar surface area (TPSA) is 310 Å². The number of pyridine rings is 5. The Labute approximate surface area is 554 Å². The molecule has 12 rings (SSSR count). The molecule has 10 heterocycles. The molecule has 0 saturated carbocycles. The number of rotatable bonds is 10. The Morgan fingerprint density at radius 2 is 1.16 bits per heavy atom. The maximum atomic E-state index is 12.8. The monoisotopic (exact) mass is 1270 g/mol. The molecule has 23 heteroatoms. The number of amides is 1. The molecule has 0 spiro atoms. The molecule has 10 aromatic rings. The van der Waals surface area contributed by atoms with E-state index in [2.05, 4.69) is 41.0 Å². The van der Waals surface area contributed by atoms with E-state index in [1.807, 2.05) is 49.4 Å². The average Bonchev–Trinajstić information content (AvgIpc) is 1.61. The fourth-order valence-electron chi connectivity index (χ4n) is 8.39. The van der Waals surface area contributed by atoms with E-state index in [1.54, 1.807) is 54.7 Å². The molecule has 0 saturated heterocycles. The quantitative estimate of drug-likeness (QED) is 0.0483. The number of ether oxygens (including phenoxy) is 4. The number of aromatic carboxylic acids is 1. The molecule has 478 valence electrons. The summed E-state index contributed by atoms with van der Waals surface area (Å²) in [5.74, 6) is -1.08. The molecule has 1 atom stereocenters. The second-order valence-corrected chi connectivity index (χ2v) is 20.2. The van der Waals surface area contributed by atoms with Gasteiger partial charge in [0, 0.05) is 60.9 Å². The third kappa shape index (κ3) is 19.9. The van der Waals surface area contributed by atoms with Gasteiger partial charge in [-0.05, 0) is 199 Å². The number of nitrogens with one attached hydrogen (secondary N) is 1. The maximum absolute atomic E-state index is 12.8. The van der Waals surface area contributed by atoms with E-state index in [0.29, 0.717) is 53.6 Å². The molecule has 8 aromatic heterocycles. The number of carboxylic acid groups (broad SMARTS) is 1. The van der Waals surface area contributed by atoms with Crippen LogP contribution in [0.25, 0.3) is 16.9 Å². The smallest absolute Gasteiger partial charge is 0.357 e. The second kappa shape index (κ2) is 33.4. The van der Waals surface area contributed by atoms with Gasteiger partial charge >= 0.3 is 17.9 Å². The van der Waals surface area contributed by atoms with Crippen LogP contribution in [0.15, 0.2) is 128 Å². The number of ketones is 1. The number of anilines is 2. The molecular weight excluding hydrogens is 1180 g/mol. The summed E-state index contributed by atoms with van der Waals surface area (Å²) in [6.07, 6.45) is 2.51. The lowest BCUT2D eigenvalue weighted by molar-refractivity contribution is -0.144. The third-order valence-electron chi connectivity index (χ3n) is 12.6. The highest BCUT2D eigenvalue weighted by Crippen LogP contribution is 2.27. The molecule has 0 fully saturated rings. The van der Waals surface area contributed by atoms with Gasteiger partial charge in [-0.3, -0.25) is 22.8 Å². The number of carbonyl (C=O) groups excluding carboxylic acids is 4. The molecule has 2 aliphatic rings. The van der Waals surface area contributed by atoms with Gasteiger partial charge < -0.3 is 46.6 Å². The zero-order valence-corrected chi connectivity index (χ0v) is 52.5. The molecule has 0 aliphatic carbocycles. The van der Waals surface area contributed by atoms with E-state index in [0.717, 1.165) is 52.0 Å². The number of nitrogen functional groups attached to an aromatic ring is 2. The Morgan fingerprint density at radius 1 is 0.659 bits per heavy atom. The van der Waals surface area contributed by atoms with Crippen LogP contribution in [0, 0.1) is 55.3 Å². The fraction of sp³-hybridized carbons (Fsp3) is 0.294. The van der Waals surface area contributed by atoms with Crippen molar-refractivity contribution in [3.8, 4) is 11.5 Å². The molecule has 0 radical (unpaired) electrons. The number of hydrogen-bond donors (Lipinski definition) is 5. The number of alkyl halides is 1. The molecule has 2 aromatic carbocycles. The number of aromatic nitrogens is 8. The molecular formula is C68H79ClN12O10. The van der Waals surface area contributed by atoms with Gasteiger partial charge in [-0.25, -0.2) is 39.3 Å². The lowest BCUT2D eigenvalue weighted by atomic mass is 10.1. The van der Waals surface area contributed by atoms with Crippen LogP contribution in [-0.4, -0.2) is 105 Å². The van der Waals surface area contributed by atoms with Crippen molar-refractivity contribution in [2.45, 2.75) is 107 Å². The Morgan fingerprint density at radius 3 is 1.65 bits per heavy atom. The van der Waals surface area contributed by atoms with Crippen molar-refractivity contribution in [3.63, 3.8) is 0 Å². The van der Waals surface area contributed by atoms with Crippen molar-refractivity contribution in [2.75, 3.05) is 37.9 Å². The molecule has 1 unspecified atom stereocenters. The van der Waals surface area contributed by atoms with Gasteiger partial charge in [0.05, 0.1) is 60.0 Å². The summed E-state index contributed by atoms with van der Waals surface area (Å²) in [6, 6.07) is 14.5. The first kappa shape index (κ1) is 50.6. The van der Waals surface area contributed by atoms with Crippen LogP contribution in [-0.2, 0) is 45.0 Å². The Balaban J connectivity index is 0.000000201. The number of aryl methyl sites for hydroxylation is 4. The van der Waals surface area contributed by atoms with Crippen molar-refractivity contribution in [1.29, 1.82) is 0 Å². The number of Topliss-reactive ketones (excluding diaryl/α,β-unsaturated/α-hetero) is 1. The first-order valence-electron chi connectivity index (χ1n) is 35.6. The first-order valence-corrected chi connectivity index (χ1v) is 28.6. The van der Waals surface area contributed by atoms with Gasteiger partial charge in [0.1, 0.15) is 45.8 Å². The molecule has 2 aliphatic heterocycles. The molecule has 91 heavy (non-hydrogen) atoms. The predicted octanol–water partition coefficient (Wildman–Crippen LogP) is 10.4. The lowest BCUT2D eigenvalue weighted by Gasteiger charge is -2.08. The van der Waals surface area contributed by atoms with Crippen LogP contribution in [0.4, 0.5) is 11.6 Å². The Kier molecular flexibility index (Phi) is 18.6. The number of carboxylic acids is 1. The standard InChI is InChI=1S/C19H19N3O2.C12H14N2O2.C10H10N2O2.C9H11NO.C6H9ClO3.2C6H8N2/c1-12-5-7-22-17(9-12)21-13(2)18(22)19(23)20-11-14-3-4-16-15(10-14)6-8-24-16;1-4-16-12(15)11-9(3)13-10-7-8(2)5-6-14(10)11;1-6-3-4-12-8(5-6)11-7(2)9(12)10(13)14;10-6-7-1-2-9-8(5-7)3-4-11-9;1-3-10-6(9)5(7)4(2)8;2*1-5-2-3-8-6(7)4-5/h3-5,7,9-10H,6,8,11H2,1-2H3,(H,20,23);5-7H,4H2,1-3H3;3-5H,1-2H3,(H,13,14);1-2,5H,3-4,6,10H2;5H,3H2,1-2H3;2*2-4H,1H3,(H2,7,8)/i5D,7D,9D;5D,6D,7D;3D,4D,5D;;;1D3,2D,3D,4D;. The van der Waals surface area contributed by atoms with Crippen LogP contribution in [0.2, 0.25) is 0 Å². The summed E-state index contributed by atoms with van der Waals surface area (Å²) in [5.41, 5.74) is 24.1. The third-order valence-corrected chi connectivity index (χ3v) is 13.1. The highest BCUT2D eigenvalue weighted by atomic mass is 35.5. The van der Waals surface area contributed by atoms with Gasteiger partial charge in [-0.1, -0.05) is 24.3 Å². The highest BCUT2D eigenvalue weighted by molar-refractivity contribution is 6.40. The van der Waals surface area contributed by atoms with Crippen LogP contribution in [0.3, 0.4) is 0 Å². The van der Waals surface area contributed by atoms with Crippen LogP contribution in [0.5, 0.6) is 11.5 Å². The van der Waals surface area contributed by atoms with E-state index >= 15 is 0 Å². The van der Waals surface area contributed by atoms with E-state index in [4.69, 9.17) is 68.7 Å². The number of nitrogens with two attached hydrogens (primary N) is 3. The maximum Gasteiger partial charge on any atom is 0.357 e. The summed E-state index contributed by atoms with van der Waals surface area (Å²) in [6.45, 7) is 16.4. The number of hydrogen-bond acceptors (Lipinski definition) is 17. The molecule has 8 N–H and O–H groups in total. The number of halogens is 1. The van der Waals surface area contributed by atoms with Crippen molar-refractivity contribution in [3.05, 3.63) is 212 Å². The van der Waals surface area contributed by atoms with Crippen LogP contribution >= 0.6 is 11.6 Å². The second-order valence-electron chi connectivity index (χ2n) is 19.8. The van der Waals surface area contributed by atoms with Gasteiger partial charge in [0.25, 0.3) is 5.91 Å².